The van der Waals surface area contributed by atoms with E-state index < -0.39 is 12.3 Å². The fourth-order valence-electron chi connectivity index (χ4n) is 0.812. The van der Waals surface area contributed by atoms with Crippen LogP contribution in [0.5, 0.6) is 0 Å². The molecule has 1 saturated heterocycles. The number of hydrogen-bond donors (Lipinski definition) is 3. The molecule has 1 aliphatic rings. The van der Waals surface area contributed by atoms with Gasteiger partial charge in [0.05, 0.1) is 6.04 Å². The van der Waals surface area contributed by atoms with Crippen molar-refractivity contribution in [3.05, 3.63) is 0 Å². The minimum absolute atomic E-state index is 0.256. The van der Waals surface area contributed by atoms with Gasteiger partial charge in [0, 0.05) is 0 Å². The van der Waals surface area contributed by atoms with Crippen molar-refractivity contribution in [1.82, 2.24) is 5.32 Å². The maximum Gasteiger partial charge on any atom is 0.238 e. The Labute approximate surface area is 53.0 Å². The Morgan fingerprint density at radius 3 is 2.78 bits per heavy atom. The lowest BCUT2D eigenvalue weighted by molar-refractivity contribution is -0.128. The molecular weight excluding hydrogens is 120 g/mol. The number of aliphatic hydroxyl groups excluding tert-OH is 1. The van der Waals surface area contributed by atoms with Crippen molar-refractivity contribution in [3.8, 4) is 0 Å². The Hall–Kier alpha value is -0.610. The number of amides is 1. The zero-order valence-corrected chi connectivity index (χ0v) is 5.00. The number of rotatable bonds is 0. The van der Waals surface area contributed by atoms with E-state index in [-0.39, 0.29) is 5.91 Å². The highest BCUT2D eigenvalue weighted by atomic mass is 16.3. The molecule has 4 nitrogen and oxygen atoms in total. The first-order chi connectivity index (χ1) is 4.20. The molecule has 1 fully saturated rings. The molecule has 1 aliphatic heterocycles. The summed E-state index contributed by atoms with van der Waals surface area (Å²) in [5.74, 6) is -0.256. The zero-order chi connectivity index (χ0) is 6.85. The van der Waals surface area contributed by atoms with Gasteiger partial charge in [0.15, 0.2) is 0 Å². The van der Waals surface area contributed by atoms with E-state index in [2.05, 4.69) is 5.32 Å². The molecule has 1 rings (SSSR count). The molecule has 1 amide bonds. The molecule has 0 radical (unpaired) electrons. The van der Waals surface area contributed by atoms with E-state index in [4.69, 9.17) is 10.8 Å². The van der Waals surface area contributed by atoms with E-state index >= 15 is 0 Å². The summed E-state index contributed by atoms with van der Waals surface area (Å²) in [5, 5.41) is 11.1. The highest BCUT2D eigenvalue weighted by molar-refractivity contribution is 5.82. The van der Waals surface area contributed by atoms with Crippen LogP contribution in [0.2, 0.25) is 0 Å². The van der Waals surface area contributed by atoms with Gasteiger partial charge in [-0.3, -0.25) is 4.79 Å². The summed E-state index contributed by atoms with van der Waals surface area (Å²) in [6.45, 7) is 0. The Bertz CT molecular complexity index is 126. The van der Waals surface area contributed by atoms with Gasteiger partial charge in [0.25, 0.3) is 0 Å². The Kier molecular flexibility index (Phi) is 1.68. The molecule has 0 aromatic carbocycles. The first-order valence-corrected chi connectivity index (χ1v) is 2.94. The third kappa shape index (κ3) is 1.40. The zero-order valence-electron chi connectivity index (χ0n) is 5.00. The van der Waals surface area contributed by atoms with E-state index in [1.54, 1.807) is 0 Å². The van der Waals surface area contributed by atoms with Gasteiger partial charge in [-0.05, 0) is 12.8 Å². The second-order valence-electron chi connectivity index (χ2n) is 2.21. The molecule has 0 saturated carbocycles. The van der Waals surface area contributed by atoms with Crippen molar-refractivity contribution in [2.45, 2.75) is 25.1 Å². The van der Waals surface area contributed by atoms with Crippen LogP contribution in [0.4, 0.5) is 0 Å². The molecule has 4 N–H and O–H groups in total. The first-order valence-electron chi connectivity index (χ1n) is 2.94. The third-order valence-electron chi connectivity index (χ3n) is 1.40. The van der Waals surface area contributed by atoms with Crippen LogP contribution < -0.4 is 11.1 Å². The van der Waals surface area contributed by atoms with Gasteiger partial charge in [-0.1, -0.05) is 0 Å². The van der Waals surface area contributed by atoms with Crippen molar-refractivity contribution in [3.63, 3.8) is 0 Å². The van der Waals surface area contributed by atoms with Gasteiger partial charge in [0.1, 0.15) is 6.23 Å². The van der Waals surface area contributed by atoms with Crippen molar-refractivity contribution in [2.75, 3.05) is 0 Å². The summed E-state index contributed by atoms with van der Waals surface area (Å²) >= 11 is 0. The lowest BCUT2D eigenvalue weighted by atomic mass is 10.1. The minimum atomic E-state index is -0.683. The molecule has 2 atom stereocenters. The Morgan fingerprint density at radius 1 is 1.67 bits per heavy atom. The second-order valence-corrected chi connectivity index (χ2v) is 2.21. The second kappa shape index (κ2) is 2.33. The molecule has 52 valence electrons. The summed E-state index contributed by atoms with van der Waals surface area (Å²) in [6, 6.07) is -0.423. The molecule has 0 spiro atoms. The summed E-state index contributed by atoms with van der Waals surface area (Å²) in [4.78, 5) is 10.6. The van der Waals surface area contributed by atoms with Gasteiger partial charge in [0.2, 0.25) is 5.91 Å². The monoisotopic (exact) mass is 130 g/mol. The average molecular weight is 130 g/mol. The van der Waals surface area contributed by atoms with Gasteiger partial charge in [-0.15, -0.1) is 0 Å². The molecule has 4 heteroatoms. The fourth-order valence-corrected chi connectivity index (χ4v) is 0.812. The molecule has 0 aromatic heterocycles. The smallest absolute Gasteiger partial charge is 0.238 e. The maximum atomic E-state index is 10.6. The molecule has 1 heterocycles. The van der Waals surface area contributed by atoms with Crippen LogP contribution in [0.3, 0.4) is 0 Å². The summed E-state index contributed by atoms with van der Waals surface area (Å²) < 4.78 is 0. The fraction of sp³-hybridized carbons (Fsp3) is 0.800. The van der Waals surface area contributed by atoms with Crippen molar-refractivity contribution >= 4 is 5.91 Å². The quantitative estimate of drug-likeness (QED) is 0.375. The van der Waals surface area contributed by atoms with Gasteiger partial charge in [-0.2, -0.15) is 0 Å². The highest BCUT2D eigenvalue weighted by Crippen LogP contribution is 2.03. The topological polar surface area (TPSA) is 75.3 Å². The van der Waals surface area contributed by atoms with Crippen LogP contribution in [-0.4, -0.2) is 23.3 Å². The molecule has 0 aliphatic carbocycles. The third-order valence-corrected chi connectivity index (χ3v) is 1.40. The van der Waals surface area contributed by atoms with Crippen LogP contribution in [0.15, 0.2) is 0 Å². The van der Waals surface area contributed by atoms with E-state index in [0.717, 1.165) is 0 Å². The standard InChI is InChI=1S/C5H10N2O2/c6-3-1-2-4(8)7-5(3)9/h3-4,8H,1-2,6H2,(H,7,9)/t3-,4?/m0/s1. The normalized spacial score (nSPS) is 36.0. The number of hydrogen-bond acceptors (Lipinski definition) is 3. The van der Waals surface area contributed by atoms with E-state index in [9.17, 15) is 4.79 Å². The first kappa shape index (κ1) is 6.51. The summed E-state index contributed by atoms with van der Waals surface area (Å²) in [7, 11) is 0. The Balaban J connectivity index is 2.44. The summed E-state index contributed by atoms with van der Waals surface area (Å²) in [5.41, 5.74) is 5.32. The van der Waals surface area contributed by atoms with Crippen LogP contribution >= 0.6 is 0 Å². The van der Waals surface area contributed by atoms with Gasteiger partial charge >= 0.3 is 0 Å². The number of aliphatic hydroxyl groups is 1. The maximum absolute atomic E-state index is 10.6. The van der Waals surface area contributed by atoms with E-state index in [1.165, 1.54) is 0 Å². The molecule has 0 aromatic rings. The number of piperidine rings is 1. The predicted octanol–water partition coefficient (Wildman–Crippen LogP) is -1.46. The minimum Gasteiger partial charge on any atom is -0.374 e. The molecular formula is C5H10N2O2. The average Bonchev–Trinajstić information content (AvgIpc) is 1.80. The Morgan fingerprint density at radius 2 is 2.33 bits per heavy atom. The number of nitrogens with one attached hydrogen (secondary N) is 1. The molecule has 9 heavy (non-hydrogen) atoms. The van der Waals surface area contributed by atoms with Crippen LogP contribution in [0, 0.1) is 0 Å². The lowest BCUT2D eigenvalue weighted by Crippen LogP contribution is -2.50. The van der Waals surface area contributed by atoms with Crippen molar-refractivity contribution in [2.24, 2.45) is 5.73 Å². The number of carbonyl (C=O) groups excluding carboxylic acids is 1. The number of nitrogens with two attached hydrogens (primary N) is 1. The SMILES string of the molecule is N[C@H]1CCC(O)NC1=O. The number of carbonyl (C=O) groups is 1. The van der Waals surface area contributed by atoms with Crippen molar-refractivity contribution < 1.29 is 9.90 Å². The highest BCUT2D eigenvalue weighted by Gasteiger charge is 2.22. The van der Waals surface area contributed by atoms with Crippen molar-refractivity contribution in [1.29, 1.82) is 0 Å². The summed E-state index contributed by atoms with van der Waals surface area (Å²) in [6.07, 6.45) is 0.456. The largest absolute Gasteiger partial charge is 0.374 e. The van der Waals surface area contributed by atoms with Crippen LogP contribution in [-0.2, 0) is 4.79 Å². The van der Waals surface area contributed by atoms with E-state index in [0.29, 0.717) is 12.8 Å². The molecule has 0 bridgehead atoms. The predicted molar refractivity (Wildman–Crippen MR) is 31.4 cm³/mol. The van der Waals surface area contributed by atoms with Crippen LogP contribution in [0.1, 0.15) is 12.8 Å². The lowest BCUT2D eigenvalue weighted by Gasteiger charge is -2.22. The van der Waals surface area contributed by atoms with Crippen LogP contribution in [0.25, 0.3) is 0 Å². The molecule has 1 unspecified atom stereocenters. The van der Waals surface area contributed by atoms with E-state index in [1.807, 2.05) is 0 Å². The van der Waals surface area contributed by atoms with Gasteiger partial charge < -0.3 is 16.2 Å². The van der Waals surface area contributed by atoms with Gasteiger partial charge in [-0.25, -0.2) is 0 Å².